The van der Waals surface area contributed by atoms with E-state index in [0.717, 1.165) is 16.1 Å². The monoisotopic (exact) mass is 374 g/mol. The van der Waals surface area contributed by atoms with Crippen LogP contribution in [0.25, 0.3) is 0 Å². The van der Waals surface area contributed by atoms with Gasteiger partial charge in [-0.25, -0.2) is 0 Å². The van der Waals surface area contributed by atoms with Crippen molar-refractivity contribution in [3.05, 3.63) is 59.1 Å². The molecule has 0 spiro atoms. The van der Waals surface area contributed by atoms with Crippen molar-refractivity contribution in [3.8, 4) is 0 Å². The molecule has 2 aromatic rings. The van der Waals surface area contributed by atoms with E-state index in [0.29, 0.717) is 18.0 Å². The van der Waals surface area contributed by atoms with Crippen LogP contribution in [0.5, 0.6) is 0 Å². The number of benzene rings is 2. The Balaban J connectivity index is 1.70. The lowest BCUT2D eigenvalue weighted by molar-refractivity contribution is -0.131. The van der Waals surface area contributed by atoms with Crippen molar-refractivity contribution in [3.63, 3.8) is 0 Å². The molecule has 3 rings (SSSR count). The summed E-state index contributed by atoms with van der Waals surface area (Å²) >= 11 is 7.28. The van der Waals surface area contributed by atoms with Crippen LogP contribution in [-0.4, -0.2) is 30.2 Å². The van der Waals surface area contributed by atoms with Crippen LogP contribution in [0, 0.1) is 0 Å². The van der Waals surface area contributed by atoms with Gasteiger partial charge in [0, 0.05) is 23.5 Å². The number of thioether (sulfide) groups is 1. The third-order valence-corrected chi connectivity index (χ3v) is 5.84. The molecule has 1 heterocycles. The number of hydrogen-bond acceptors (Lipinski definition) is 3. The molecule has 1 atom stereocenters. The number of hydrogen-bond donors (Lipinski definition) is 1. The smallest absolute Gasteiger partial charge is 0.252 e. The number of carbonyl (C=O) groups excluding carboxylic acids is 2. The van der Waals surface area contributed by atoms with Crippen LogP contribution in [0.15, 0.2) is 53.4 Å². The second-order valence-corrected chi connectivity index (χ2v) is 8.00. The largest absolute Gasteiger partial charge is 0.354 e. The van der Waals surface area contributed by atoms with Crippen molar-refractivity contribution >= 4 is 40.9 Å². The van der Waals surface area contributed by atoms with E-state index in [4.69, 9.17) is 11.6 Å². The standard InChI is InChI=1S/C19H19ClN2O2S/c1-19(17(23)21-11-10-13-6-5-7-14(20)12-13)18(24)22(2)15-8-3-4-9-16(15)25-19/h3-9,12H,10-11H2,1-2H3,(H,21,23). The summed E-state index contributed by atoms with van der Waals surface area (Å²) in [5.74, 6) is -0.484. The molecule has 25 heavy (non-hydrogen) atoms. The highest BCUT2D eigenvalue weighted by atomic mass is 35.5. The van der Waals surface area contributed by atoms with Crippen molar-refractivity contribution in [1.29, 1.82) is 0 Å². The van der Waals surface area contributed by atoms with E-state index in [1.165, 1.54) is 11.8 Å². The number of rotatable bonds is 4. The molecule has 6 heteroatoms. The van der Waals surface area contributed by atoms with Crippen LogP contribution in [-0.2, 0) is 16.0 Å². The van der Waals surface area contributed by atoms with Gasteiger partial charge in [0.2, 0.25) is 5.91 Å². The summed E-state index contributed by atoms with van der Waals surface area (Å²) in [6.45, 7) is 2.13. The second kappa shape index (κ2) is 7.10. The summed E-state index contributed by atoms with van der Waals surface area (Å²) in [5.41, 5.74) is 1.88. The van der Waals surface area contributed by atoms with Gasteiger partial charge in [0.25, 0.3) is 5.91 Å². The third-order valence-electron chi connectivity index (χ3n) is 4.27. The van der Waals surface area contributed by atoms with E-state index >= 15 is 0 Å². The molecule has 0 saturated carbocycles. The van der Waals surface area contributed by atoms with Crippen LogP contribution in [0.1, 0.15) is 12.5 Å². The van der Waals surface area contributed by atoms with Gasteiger partial charge >= 0.3 is 0 Å². The summed E-state index contributed by atoms with van der Waals surface area (Å²) in [5, 5.41) is 3.57. The van der Waals surface area contributed by atoms with Gasteiger partial charge in [0.05, 0.1) is 5.69 Å². The number of para-hydroxylation sites is 1. The van der Waals surface area contributed by atoms with E-state index in [9.17, 15) is 9.59 Å². The molecular weight excluding hydrogens is 356 g/mol. The van der Waals surface area contributed by atoms with Gasteiger partial charge in [-0.15, -0.1) is 0 Å². The Hall–Kier alpha value is -1.98. The highest BCUT2D eigenvalue weighted by molar-refractivity contribution is 8.02. The molecule has 2 aromatic carbocycles. The minimum absolute atomic E-state index is 0.212. The maximum absolute atomic E-state index is 12.8. The van der Waals surface area contributed by atoms with Gasteiger partial charge in [-0.3, -0.25) is 9.59 Å². The van der Waals surface area contributed by atoms with Crippen molar-refractivity contribution in [2.75, 3.05) is 18.5 Å². The topological polar surface area (TPSA) is 49.4 Å². The maximum atomic E-state index is 12.8. The SMILES string of the molecule is CN1C(=O)C(C)(C(=O)NCCc2cccc(Cl)c2)Sc2ccccc21. The van der Waals surface area contributed by atoms with Crippen LogP contribution in [0.4, 0.5) is 5.69 Å². The molecule has 0 fully saturated rings. The van der Waals surface area contributed by atoms with Gasteiger partial charge in [0.15, 0.2) is 4.75 Å². The predicted octanol–water partition coefficient (Wildman–Crippen LogP) is 3.53. The number of halogens is 1. The fourth-order valence-corrected chi connectivity index (χ4v) is 4.34. The third kappa shape index (κ3) is 3.53. The summed E-state index contributed by atoms with van der Waals surface area (Å²) in [6.07, 6.45) is 0.660. The zero-order valence-corrected chi connectivity index (χ0v) is 15.7. The summed E-state index contributed by atoms with van der Waals surface area (Å²) in [7, 11) is 1.71. The maximum Gasteiger partial charge on any atom is 0.252 e. The van der Waals surface area contributed by atoms with Gasteiger partial charge < -0.3 is 10.2 Å². The molecule has 1 unspecified atom stereocenters. The van der Waals surface area contributed by atoms with Crippen LogP contribution < -0.4 is 10.2 Å². The lowest BCUT2D eigenvalue weighted by atomic mass is 10.1. The lowest BCUT2D eigenvalue weighted by Crippen LogP contribution is -2.55. The average molecular weight is 375 g/mol. The Bertz CT molecular complexity index is 827. The van der Waals surface area contributed by atoms with E-state index in [2.05, 4.69) is 5.32 Å². The number of amides is 2. The quantitative estimate of drug-likeness (QED) is 0.833. The highest BCUT2D eigenvalue weighted by Gasteiger charge is 2.48. The van der Waals surface area contributed by atoms with Crippen molar-refractivity contribution < 1.29 is 9.59 Å². The molecule has 0 aliphatic carbocycles. The molecule has 1 aliphatic heterocycles. The van der Waals surface area contributed by atoms with E-state index in [1.807, 2.05) is 48.5 Å². The highest BCUT2D eigenvalue weighted by Crippen LogP contribution is 2.44. The minimum atomic E-state index is -1.17. The predicted molar refractivity (Wildman–Crippen MR) is 102 cm³/mol. The molecule has 1 aliphatic rings. The Kier molecular flexibility index (Phi) is 5.06. The number of fused-ring (bicyclic) bond motifs is 1. The van der Waals surface area contributed by atoms with Crippen LogP contribution in [0.2, 0.25) is 5.02 Å². The first kappa shape index (κ1) is 17.8. The molecule has 0 aromatic heterocycles. The number of carbonyl (C=O) groups is 2. The van der Waals surface area contributed by atoms with Crippen LogP contribution >= 0.6 is 23.4 Å². The first-order valence-corrected chi connectivity index (χ1v) is 9.20. The zero-order chi connectivity index (χ0) is 18.0. The van der Waals surface area contributed by atoms with E-state index < -0.39 is 4.75 Å². The van der Waals surface area contributed by atoms with Gasteiger partial charge in [0.1, 0.15) is 0 Å². The molecule has 4 nitrogen and oxygen atoms in total. The van der Waals surface area contributed by atoms with Crippen LogP contribution in [0.3, 0.4) is 0 Å². The first-order valence-electron chi connectivity index (χ1n) is 8.01. The van der Waals surface area contributed by atoms with E-state index in [-0.39, 0.29) is 11.8 Å². The number of nitrogens with zero attached hydrogens (tertiary/aromatic N) is 1. The van der Waals surface area contributed by atoms with E-state index in [1.54, 1.807) is 18.9 Å². The van der Waals surface area contributed by atoms with Gasteiger partial charge in [-0.05, 0) is 43.2 Å². The molecule has 0 saturated heterocycles. The molecule has 0 radical (unpaired) electrons. The minimum Gasteiger partial charge on any atom is -0.354 e. The molecule has 1 N–H and O–H groups in total. The lowest BCUT2D eigenvalue weighted by Gasteiger charge is -2.36. The van der Waals surface area contributed by atoms with Crippen molar-refractivity contribution in [2.24, 2.45) is 0 Å². The van der Waals surface area contributed by atoms with Crippen molar-refractivity contribution in [2.45, 2.75) is 23.0 Å². The second-order valence-electron chi connectivity index (χ2n) is 6.10. The fraction of sp³-hybridized carbons (Fsp3) is 0.263. The Morgan fingerprint density at radius 2 is 2.00 bits per heavy atom. The fourth-order valence-electron chi connectivity index (χ4n) is 2.84. The average Bonchev–Trinajstić information content (AvgIpc) is 2.60. The molecular formula is C19H19ClN2O2S. The molecule has 0 bridgehead atoms. The summed E-state index contributed by atoms with van der Waals surface area (Å²) < 4.78 is -1.17. The number of anilines is 1. The first-order chi connectivity index (χ1) is 11.9. The molecule has 130 valence electrons. The Morgan fingerprint density at radius 1 is 1.24 bits per heavy atom. The molecule has 2 amide bonds. The number of nitrogens with one attached hydrogen (secondary N) is 1. The zero-order valence-electron chi connectivity index (χ0n) is 14.1. The van der Waals surface area contributed by atoms with Gasteiger partial charge in [-0.1, -0.05) is 47.6 Å². The van der Waals surface area contributed by atoms with Gasteiger partial charge in [-0.2, -0.15) is 0 Å². The normalized spacial score (nSPS) is 19.5. The Morgan fingerprint density at radius 3 is 2.76 bits per heavy atom. The van der Waals surface area contributed by atoms with Crippen molar-refractivity contribution in [1.82, 2.24) is 5.32 Å². The Labute approximate surface area is 156 Å². The summed E-state index contributed by atoms with van der Waals surface area (Å²) in [4.78, 5) is 28.0. The summed E-state index contributed by atoms with van der Waals surface area (Å²) in [6, 6.07) is 15.1.